The topological polar surface area (TPSA) is 74.6 Å². The molecule has 0 heterocycles. The minimum absolute atomic E-state index is 0.0322. The number of aliphatic hydroxyl groups is 2. The first-order valence-corrected chi connectivity index (χ1v) is 17.8. The van der Waals surface area contributed by atoms with E-state index in [0.717, 1.165) is 43.9 Å². The molecule has 2 N–H and O–H groups in total. The van der Waals surface area contributed by atoms with Crippen LogP contribution in [0, 0.1) is 46.8 Å². The molecule has 3 fully saturated rings. The van der Waals surface area contributed by atoms with Crippen molar-refractivity contribution in [2.45, 2.75) is 127 Å². The Labute approximate surface area is 244 Å². The molecule has 1 aromatic rings. The van der Waals surface area contributed by atoms with Crippen LogP contribution in [0.5, 0.6) is 0 Å². The van der Waals surface area contributed by atoms with Crippen molar-refractivity contribution in [2.24, 2.45) is 46.8 Å². The van der Waals surface area contributed by atoms with Crippen LogP contribution in [-0.4, -0.2) is 35.6 Å². The van der Waals surface area contributed by atoms with Gasteiger partial charge in [-0.3, -0.25) is 0 Å². The van der Waals surface area contributed by atoms with Gasteiger partial charge in [0, 0.05) is 0 Å². The highest BCUT2D eigenvalue weighted by atomic mass is 32.2. The molecule has 0 aliphatic heterocycles. The van der Waals surface area contributed by atoms with Crippen molar-refractivity contribution in [2.75, 3.05) is 0 Å². The van der Waals surface area contributed by atoms with E-state index >= 15 is 0 Å². The monoisotopic (exact) mass is 570 g/mol. The molecule has 0 saturated heterocycles. The van der Waals surface area contributed by atoms with Gasteiger partial charge in [0.1, 0.15) is 0 Å². The summed E-state index contributed by atoms with van der Waals surface area (Å²) in [5, 5.41) is 21.2. The number of rotatable bonds is 9. The van der Waals surface area contributed by atoms with E-state index in [1.807, 2.05) is 19.9 Å². The number of benzene rings is 1. The molecule has 5 heteroatoms. The van der Waals surface area contributed by atoms with Crippen LogP contribution in [0.2, 0.25) is 0 Å². The Morgan fingerprint density at radius 1 is 0.975 bits per heavy atom. The number of sulfone groups is 1. The van der Waals surface area contributed by atoms with Crippen LogP contribution >= 0.6 is 0 Å². The Kier molecular flexibility index (Phi) is 8.70. The number of fused-ring (bicyclic) bond motifs is 5. The molecular formula is C35H54O4S. The molecule has 10 atom stereocenters. The molecule has 0 bridgehead atoms. The summed E-state index contributed by atoms with van der Waals surface area (Å²) in [7, 11) is -3.54. The fourth-order valence-corrected chi connectivity index (χ4v) is 11.8. The zero-order valence-electron chi connectivity index (χ0n) is 25.6. The summed E-state index contributed by atoms with van der Waals surface area (Å²) in [4.78, 5) is 0.381. The normalized spacial score (nSPS) is 38.1. The van der Waals surface area contributed by atoms with Gasteiger partial charge in [0.15, 0.2) is 9.84 Å². The summed E-state index contributed by atoms with van der Waals surface area (Å²) < 4.78 is 27.7. The van der Waals surface area contributed by atoms with Crippen molar-refractivity contribution in [3.8, 4) is 0 Å². The summed E-state index contributed by atoms with van der Waals surface area (Å²) >= 11 is 0. The van der Waals surface area contributed by atoms with E-state index in [0.29, 0.717) is 41.4 Å². The van der Waals surface area contributed by atoms with Crippen LogP contribution in [0.4, 0.5) is 0 Å². The van der Waals surface area contributed by atoms with E-state index in [2.05, 4.69) is 26.8 Å². The van der Waals surface area contributed by atoms with Crippen LogP contribution in [0.15, 0.2) is 46.9 Å². The van der Waals surface area contributed by atoms with Crippen LogP contribution < -0.4 is 0 Å². The van der Waals surface area contributed by atoms with Crippen LogP contribution in [0.3, 0.4) is 0 Å². The van der Waals surface area contributed by atoms with E-state index in [9.17, 15) is 18.6 Å². The lowest BCUT2D eigenvalue weighted by Crippen LogP contribution is -2.48. The van der Waals surface area contributed by atoms with Gasteiger partial charge < -0.3 is 10.2 Å². The molecule has 5 rings (SSSR count). The van der Waals surface area contributed by atoms with Crippen LogP contribution in [0.25, 0.3) is 0 Å². The molecule has 0 radical (unpaired) electrons. The SMILES string of the molecule is CC[C@]1(O)CC[C@H]2C(=CC[C@@H]3C2CC[C@]2(C)[C@@H]([C@H](C)CC(C[C@H](O)C(C)C)S(=O)(=O)c4ccccc4)CC[C@@H]32)C1. The Bertz CT molecular complexity index is 1160. The fourth-order valence-electron chi connectivity index (χ4n) is 9.91. The third kappa shape index (κ3) is 5.49. The standard InChI is InChI=1S/C35H54O4S/c1-6-35(37)19-17-28-25(22-35)12-13-30-29(28)16-18-34(5)31(14-15-32(30)34)24(4)20-27(21-33(36)23(2)3)40(38,39)26-10-8-7-9-11-26/h7-12,23-24,27-33,36-37H,6,13-22H2,1-5H3/t24-,27?,28+,29?,30-,31-,32+,33+,34-,35+/m1/s1. The molecule has 4 nitrogen and oxygen atoms in total. The first-order valence-electron chi connectivity index (χ1n) is 16.3. The molecule has 0 spiro atoms. The van der Waals surface area contributed by atoms with Gasteiger partial charge in [-0.05, 0) is 130 Å². The Hall–Kier alpha value is -1.17. The maximum atomic E-state index is 13.9. The van der Waals surface area contributed by atoms with Crippen molar-refractivity contribution >= 4 is 9.84 Å². The summed E-state index contributed by atoms with van der Waals surface area (Å²) in [6.07, 6.45) is 12.7. The fraction of sp³-hybridized carbons (Fsp3) is 0.771. The second-order valence-electron chi connectivity index (χ2n) is 14.8. The van der Waals surface area contributed by atoms with E-state index < -0.39 is 26.8 Å². The van der Waals surface area contributed by atoms with Crippen molar-refractivity contribution in [3.63, 3.8) is 0 Å². The maximum absolute atomic E-state index is 13.9. The van der Waals surface area contributed by atoms with Crippen molar-refractivity contribution < 1.29 is 18.6 Å². The van der Waals surface area contributed by atoms with Gasteiger partial charge in [-0.1, -0.05) is 64.5 Å². The van der Waals surface area contributed by atoms with E-state index in [-0.39, 0.29) is 11.3 Å². The molecule has 40 heavy (non-hydrogen) atoms. The highest BCUT2D eigenvalue weighted by Crippen LogP contribution is 2.65. The van der Waals surface area contributed by atoms with Gasteiger partial charge in [0.05, 0.1) is 21.9 Å². The highest BCUT2D eigenvalue weighted by molar-refractivity contribution is 7.92. The van der Waals surface area contributed by atoms with Crippen molar-refractivity contribution in [3.05, 3.63) is 42.0 Å². The quantitative estimate of drug-likeness (QED) is 0.300. The molecule has 3 saturated carbocycles. The third-order valence-electron chi connectivity index (χ3n) is 12.4. The first-order chi connectivity index (χ1) is 18.9. The van der Waals surface area contributed by atoms with Gasteiger partial charge in [-0.25, -0.2) is 8.42 Å². The van der Waals surface area contributed by atoms with Crippen LogP contribution in [-0.2, 0) is 9.84 Å². The molecule has 224 valence electrons. The minimum atomic E-state index is -3.54. The molecule has 2 unspecified atom stereocenters. The summed E-state index contributed by atoms with van der Waals surface area (Å²) in [5.74, 6) is 3.68. The average molecular weight is 571 g/mol. The Morgan fingerprint density at radius 3 is 2.38 bits per heavy atom. The predicted octanol–water partition coefficient (Wildman–Crippen LogP) is 7.59. The zero-order chi connectivity index (χ0) is 28.9. The van der Waals surface area contributed by atoms with Gasteiger partial charge >= 0.3 is 0 Å². The summed E-state index contributed by atoms with van der Waals surface area (Å²) in [6.45, 7) is 10.9. The van der Waals surface area contributed by atoms with Gasteiger partial charge in [0.25, 0.3) is 0 Å². The number of hydrogen-bond acceptors (Lipinski definition) is 4. The predicted molar refractivity (Wildman–Crippen MR) is 162 cm³/mol. The molecule has 4 aliphatic rings. The molecule has 4 aliphatic carbocycles. The van der Waals surface area contributed by atoms with E-state index in [1.54, 1.807) is 29.8 Å². The zero-order valence-corrected chi connectivity index (χ0v) is 26.4. The van der Waals surface area contributed by atoms with Crippen molar-refractivity contribution in [1.82, 2.24) is 0 Å². The Morgan fingerprint density at radius 2 is 1.70 bits per heavy atom. The van der Waals surface area contributed by atoms with E-state index in [1.165, 1.54) is 25.7 Å². The van der Waals surface area contributed by atoms with Crippen LogP contribution in [0.1, 0.15) is 105 Å². The highest BCUT2D eigenvalue weighted by Gasteiger charge is 2.57. The lowest BCUT2D eigenvalue weighted by molar-refractivity contribution is -0.0461. The lowest BCUT2D eigenvalue weighted by atomic mass is 9.50. The molecule has 1 aromatic carbocycles. The maximum Gasteiger partial charge on any atom is 0.181 e. The third-order valence-corrected chi connectivity index (χ3v) is 14.6. The second kappa shape index (κ2) is 11.5. The summed E-state index contributed by atoms with van der Waals surface area (Å²) in [5.41, 5.74) is 1.30. The van der Waals surface area contributed by atoms with E-state index in [4.69, 9.17) is 0 Å². The molecule has 0 amide bonds. The smallest absolute Gasteiger partial charge is 0.181 e. The number of hydrogen-bond donors (Lipinski definition) is 2. The number of allylic oxidation sites excluding steroid dienone is 1. The van der Waals surface area contributed by atoms with Gasteiger partial charge in [0.2, 0.25) is 0 Å². The largest absolute Gasteiger partial charge is 0.393 e. The molecular weight excluding hydrogens is 516 g/mol. The van der Waals surface area contributed by atoms with Crippen molar-refractivity contribution in [1.29, 1.82) is 0 Å². The van der Waals surface area contributed by atoms with Gasteiger partial charge in [-0.15, -0.1) is 0 Å². The average Bonchev–Trinajstić information content (AvgIpc) is 3.30. The minimum Gasteiger partial charge on any atom is -0.393 e. The number of aliphatic hydroxyl groups excluding tert-OH is 1. The van der Waals surface area contributed by atoms with Gasteiger partial charge in [-0.2, -0.15) is 0 Å². The summed E-state index contributed by atoms with van der Waals surface area (Å²) in [6, 6.07) is 8.87. The first kappa shape index (κ1) is 30.3. The molecule has 0 aromatic heterocycles. The second-order valence-corrected chi connectivity index (χ2v) is 17.0. The Balaban J connectivity index is 1.34. The lowest BCUT2D eigenvalue weighted by Gasteiger charge is -2.55.